The summed E-state index contributed by atoms with van der Waals surface area (Å²) in [6, 6.07) is 3.91. The van der Waals surface area contributed by atoms with Gasteiger partial charge in [-0.1, -0.05) is 0 Å². The summed E-state index contributed by atoms with van der Waals surface area (Å²) in [4.78, 5) is 22.9. The van der Waals surface area contributed by atoms with Gasteiger partial charge in [-0.05, 0) is 30.9 Å². The predicted molar refractivity (Wildman–Crippen MR) is 116 cm³/mol. The highest BCUT2D eigenvalue weighted by Crippen LogP contribution is 2.32. The van der Waals surface area contributed by atoms with Gasteiger partial charge in [0.15, 0.2) is 0 Å². The van der Waals surface area contributed by atoms with Gasteiger partial charge < -0.3 is 10.8 Å². The van der Waals surface area contributed by atoms with E-state index in [-0.39, 0.29) is 30.9 Å². The van der Waals surface area contributed by atoms with E-state index in [9.17, 15) is 26.7 Å². The maximum atomic E-state index is 12.9. The lowest BCUT2D eigenvalue weighted by molar-refractivity contribution is -0.192. The molecule has 1 aliphatic rings. The molecule has 9 nitrogen and oxygen atoms in total. The largest absolute Gasteiger partial charge is 0.490 e. The zero-order valence-corrected chi connectivity index (χ0v) is 18.9. The zero-order chi connectivity index (χ0) is 25.8. The Balaban J connectivity index is 0.000000429. The summed E-state index contributed by atoms with van der Waals surface area (Å²) in [6.45, 7) is 0.933. The summed E-state index contributed by atoms with van der Waals surface area (Å²) in [5.74, 6) is -1.77. The van der Waals surface area contributed by atoms with Gasteiger partial charge in [-0.3, -0.25) is 9.25 Å². The third-order valence-corrected chi connectivity index (χ3v) is 6.12. The average molecular weight is 520 g/mol. The molecule has 3 aromatic heterocycles. The number of aliphatic carboxylic acids is 1. The quantitative estimate of drug-likeness (QED) is 0.391. The van der Waals surface area contributed by atoms with Gasteiger partial charge in [0, 0.05) is 46.6 Å². The van der Waals surface area contributed by atoms with E-state index in [1.165, 1.54) is 17.4 Å². The van der Waals surface area contributed by atoms with Crippen molar-refractivity contribution in [1.29, 1.82) is 0 Å². The summed E-state index contributed by atoms with van der Waals surface area (Å²) in [6.07, 6.45) is -0.655. The van der Waals surface area contributed by atoms with Crippen LogP contribution in [0.25, 0.3) is 10.4 Å². The predicted octanol–water partition coefficient (Wildman–Crippen LogP) is 3.24. The topological polar surface area (TPSA) is 132 Å². The Kier molecular flexibility index (Phi) is 8.22. The van der Waals surface area contributed by atoms with Crippen LogP contribution in [0.2, 0.25) is 0 Å². The molecule has 0 bridgehead atoms. The van der Waals surface area contributed by atoms with Crippen LogP contribution >= 0.6 is 11.3 Å². The third-order valence-electron chi connectivity index (χ3n) is 5.00. The second kappa shape index (κ2) is 10.9. The number of aromatic amines is 1. The van der Waals surface area contributed by atoms with Crippen LogP contribution in [-0.4, -0.2) is 48.3 Å². The molecule has 0 aliphatic heterocycles. The molecule has 15 heteroatoms. The summed E-state index contributed by atoms with van der Waals surface area (Å²) < 4.78 is 60.9. The molecule has 4 rings (SSSR count). The van der Waals surface area contributed by atoms with Crippen molar-refractivity contribution in [1.82, 2.24) is 24.5 Å². The molecule has 0 aromatic carbocycles. The molecule has 35 heavy (non-hydrogen) atoms. The first-order valence-electron chi connectivity index (χ1n) is 10.3. The normalized spacial score (nSPS) is 13.3. The lowest BCUT2D eigenvalue weighted by Crippen LogP contribution is -2.21. The van der Waals surface area contributed by atoms with Crippen molar-refractivity contribution in [2.45, 2.75) is 38.5 Å². The molecule has 0 atom stereocenters. The number of carboxylic acids is 1. The molecule has 0 radical (unpaired) electrons. The van der Waals surface area contributed by atoms with Crippen LogP contribution < -0.4 is 11.4 Å². The van der Waals surface area contributed by atoms with Crippen LogP contribution in [0.4, 0.5) is 22.0 Å². The molecule has 1 aliphatic carbocycles. The van der Waals surface area contributed by atoms with Crippen molar-refractivity contribution in [2.75, 3.05) is 6.54 Å². The first-order chi connectivity index (χ1) is 16.5. The molecular formula is C20H21F5N6O3S. The Labute approximate surface area is 198 Å². The number of rotatable bonds is 8. The van der Waals surface area contributed by atoms with Crippen molar-refractivity contribution in [2.24, 2.45) is 11.7 Å². The highest BCUT2D eigenvalue weighted by atomic mass is 32.1. The van der Waals surface area contributed by atoms with E-state index in [1.807, 2.05) is 29.2 Å². The van der Waals surface area contributed by atoms with Gasteiger partial charge >= 0.3 is 17.8 Å². The minimum atomic E-state index is -5.08. The number of hydrogen-bond donors (Lipinski definition) is 3. The first kappa shape index (κ1) is 26.3. The highest BCUT2D eigenvalue weighted by Gasteiger charge is 2.38. The van der Waals surface area contributed by atoms with E-state index in [2.05, 4.69) is 15.3 Å². The summed E-state index contributed by atoms with van der Waals surface area (Å²) >= 11 is 1.54. The maximum absolute atomic E-state index is 12.9. The van der Waals surface area contributed by atoms with Gasteiger partial charge in [0.25, 0.3) is 6.08 Å². The summed E-state index contributed by atoms with van der Waals surface area (Å²) in [5, 5.41) is 17.7. The number of thiophene rings is 1. The lowest BCUT2D eigenvalue weighted by Gasteiger charge is -2.05. The van der Waals surface area contributed by atoms with Gasteiger partial charge in [0.05, 0.1) is 12.7 Å². The molecule has 0 saturated heterocycles. The molecule has 1 fully saturated rings. The number of nitrogens with zero attached hydrogens (tertiary/aromatic N) is 4. The number of halogens is 5. The fraction of sp³-hybridized carbons (Fsp3) is 0.400. The Bertz CT molecular complexity index is 1250. The molecule has 0 spiro atoms. The van der Waals surface area contributed by atoms with Gasteiger partial charge in [-0.15, -0.1) is 11.3 Å². The maximum Gasteiger partial charge on any atom is 0.490 e. The summed E-state index contributed by atoms with van der Waals surface area (Å²) in [7, 11) is 0. The Hall–Kier alpha value is -3.33. The van der Waals surface area contributed by atoms with E-state index in [1.54, 1.807) is 11.3 Å². The number of carbonyl (C=O) groups is 1. The van der Waals surface area contributed by atoms with Crippen molar-refractivity contribution < 1.29 is 31.9 Å². The molecule has 3 heterocycles. The second-order valence-corrected chi connectivity index (χ2v) is 8.91. The van der Waals surface area contributed by atoms with Crippen molar-refractivity contribution in [3.8, 4) is 10.4 Å². The standard InChI is InChI=1S/C18H20F2N6OS.C2HF3O2/c19-17(20)12(6-21)5-16-23-24-18(27)26(16)10-14-3-4-15(28-14)13-7-22-25(9-13)8-11-1-2-11;3-2(4,5)1(6)7/h3-4,7,9,11H,1-2,5-6,8,10,21H2,(H,24,27);(H,6,7). The number of nitrogens with one attached hydrogen (secondary N) is 1. The van der Waals surface area contributed by atoms with E-state index in [0.29, 0.717) is 0 Å². The van der Waals surface area contributed by atoms with Crippen LogP contribution in [-0.2, 0) is 24.3 Å². The average Bonchev–Trinajstić information content (AvgIpc) is 3.14. The fourth-order valence-electron chi connectivity index (χ4n) is 2.98. The molecule has 0 amide bonds. The minimum absolute atomic E-state index is 0.163. The second-order valence-electron chi connectivity index (χ2n) is 7.74. The van der Waals surface area contributed by atoms with E-state index < -0.39 is 23.9 Å². The fourth-order valence-corrected chi connectivity index (χ4v) is 3.96. The van der Waals surface area contributed by atoms with Crippen LogP contribution in [0.3, 0.4) is 0 Å². The van der Waals surface area contributed by atoms with Crippen LogP contribution in [0, 0.1) is 5.92 Å². The minimum Gasteiger partial charge on any atom is -0.475 e. The van der Waals surface area contributed by atoms with Crippen molar-refractivity contribution in [3.63, 3.8) is 0 Å². The van der Waals surface area contributed by atoms with Crippen molar-refractivity contribution in [3.05, 3.63) is 57.4 Å². The zero-order valence-electron chi connectivity index (χ0n) is 18.1. The smallest absolute Gasteiger partial charge is 0.475 e. The molecule has 3 aromatic rings. The molecule has 1 saturated carbocycles. The van der Waals surface area contributed by atoms with Gasteiger partial charge in [-0.25, -0.2) is 14.7 Å². The number of aromatic nitrogens is 5. The SMILES string of the molecule is NCC(Cc1n[nH]c(=O)n1Cc1ccc(-c2cnn(CC3CC3)c2)s1)=C(F)F.O=C(O)C(F)(F)F. The Morgan fingerprint density at radius 1 is 1.29 bits per heavy atom. The summed E-state index contributed by atoms with van der Waals surface area (Å²) in [5.41, 5.74) is 5.74. The molecular weight excluding hydrogens is 499 g/mol. The van der Waals surface area contributed by atoms with Crippen LogP contribution in [0.15, 0.2) is 41.0 Å². The van der Waals surface area contributed by atoms with E-state index >= 15 is 0 Å². The van der Waals surface area contributed by atoms with Crippen LogP contribution in [0.1, 0.15) is 23.5 Å². The van der Waals surface area contributed by atoms with E-state index in [4.69, 9.17) is 15.6 Å². The third kappa shape index (κ3) is 7.32. The first-order valence-corrected chi connectivity index (χ1v) is 11.1. The number of carboxylic acid groups (broad SMARTS) is 1. The Morgan fingerprint density at radius 2 is 1.97 bits per heavy atom. The molecule has 0 unspecified atom stereocenters. The number of hydrogen-bond acceptors (Lipinski definition) is 6. The Morgan fingerprint density at radius 3 is 2.54 bits per heavy atom. The van der Waals surface area contributed by atoms with Crippen molar-refractivity contribution >= 4 is 17.3 Å². The number of alkyl halides is 3. The highest BCUT2D eigenvalue weighted by molar-refractivity contribution is 7.15. The number of nitrogens with two attached hydrogens (primary N) is 1. The van der Waals surface area contributed by atoms with Gasteiger partial charge in [0.2, 0.25) is 0 Å². The molecule has 4 N–H and O–H groups in total. The van der Waals surface area contributed by atoms with Gasteiger partial charge in [0.1, 0.15) is 5.82 Å². The van der Waals surface area contributed by atoms with Crippen LogP contribution in [0.5, 0.6) is 0 Å². The molecule has 190 valence electrons. The van der Waals surface area contributed by atoms with E-state index in [0.717, 1.165) is 27.8 Å². The number of H-pyrrole nitrogens is 1. The van der Waals surface area contributed by atoms with Gasteiger partial charge in [-0.2, -0.15) is 32.1 Å². The lowest BCUT2D eigenvalue weighted by atomic mass is 10.2. The monoisotopic (exact) mass is 520 g/mol.